The summed E-state index contributed by atoms with van der Waals surface area (Å²) < 4.78 is 1.12. The lowest BCUT2D eigenvalue weighted by Gasteiger charge is -2.06. The first-order valence-electron chi connectivity index (χ1n) is 9.42. The summed E-state index contributed by atoms with van der Waals surface area (Å²) >= 11 is 5.82. The zero-order valence-corrected chi connectivity index (χ0v) is 17.2. The molecule has 0 saturated heterocycles. The standard InChI is InChI=1S/C21H16ClN7O3/c22-14-7-9-15(10-8-14)23-21(32)25-20-27-26-19-24-17(18(31)28-29(19)20)12-16(30)11-6-13-4-2-1-3-5-13/h1-11H,12H2,(H,28,31)(H2,23,25,27,32)/b11-6-. The largest absolute Gasteiger partial charge is 0.326 e. The van der Waals surface area contributed by atoms with Crippen LogP contribution in [0.3, 0.4) is 0 Å². The first kappa shape index (κ1) is 20.9. The van der Waals surface area contributed by atoms with Crippen molar-refractivity contribution in [2.75, 3.05) is 10.6 Å². The predicted octanol–water partition coefficient (Wildman–Crippen LogP) is 2.93. The molecule has 0 aliphatic rings. The molecule has 2 aromatic carbocycles. The van der Waals surface area contributed by atoms with Gasteiger partial charge in [-0.2, -0.15) is 4.52 Å². The maximum atomic E-state index is 12.4. The number of nitrogens with zero attached hydrogens (tertiary/aromatic N) is 4. The van der Waals surface area contributed by atoms with Gasteiger partial charge in [0.1, 0.15) is 5.69 Å². The second-order valence-electron chi connectivity index (χ2n) is 6.63. The molecular formula is C21H16ClN7O3. The molecule has 0 saturated carbocycles. The Bertz CT molecular complexity index is 1360. The first-order chi connectivity index (χ1) is 15.5. The Morgan fingerprint density at radius 1 is 1.03 bits per heavy atom. The van der Waals surface area contributed by atoms with Crippen LogP contribution in [0.15, 0.2) is 65.5 Å². The van der Waals surface area contributed by atoms with Gasteiger partial charge in [0.25, 0.3) is 17.3 Å². The van der Waals surface area contributed by atoms with Gasteiger partial charge in [0.15, 0.2) is 5.78 Å². The van der Waals surface area contributed by atoms with E-state index in [4.69, 9.17) is 11.6 Å². The van der Waals surface area contributed by atoms with Crippen LogP contribution >= 0.6 is 11.6 Å². The van der Waals surface area contributed by atoms with Gasteiger partial charge in [0.2, 0.25) is 0 Å². The Hall–Kier alpha value is -4.31. The molecule has 0 aliphatic heterocycles. The van der Waals surface area contributed by atoms with E-state index in [0.717, 1.165) is 10.1 Å². The molecule has 0 bridgehead atoms. The average molecular weight is 450 g/mol. The lowest BCUT2D eigenvalue weighted by molar-refractivity contribution is -0.114. The minimum Gasteiger partial charge on any atom is -0.308 e. The molecular weight excluding hydrogens is 434 g/mol. The summed E-state index contributed by atoms with van der Waals surface area (Å²) in [5.41, 5.74) is 0.768. The number of nitrogens with one attached hydrogen (secondary N) is 3. The molecule has 0 aliphatic carbocycles. The lowest BCUT2D eigenvalue weighted by atomic mass is 10.1. The van der Waals surface area contributed by atoms with Crippen LogP contribution in [0.4, 0.5) is 16.4 Å². The van der Waals surface area contributed by atoms with Gasteiger partial charge in [-0.3, -0.25) is 20.0 Å². The number of benzene rings is 2. The van der Waals surface area contributed by atoms with Crippen LogP contribution in [0.5, 0.6) is 0 Å². The summed E-state index contributed by atoms with van der Waals surface area (Å²) in [5.74, 6) is -0.310. The number of carbonyl (C=O) groups is 2. The van der Waals surface area contributed by atoms with Crippen molar-refractivity contribution in [1.29, 1.82) is 0 Å². The van der Waals surface area contributed by atoms with Crippen molar-refractivity contribution < 1.29 is 9.59 Å². The number of halogens is 1. The maximum Gasteiger partial charge on any atom is 0.326 e. The van der Waals surface area contributed by atoms with Crippen molar-refractivity contribution in [3.8, 4) is 0 Å². The van der Waals surface area contributed by atoms with Crippen LogP contribution in [0, 0.1) is 0 Å². The van der Waals surface area contributed by atoms with Crippen molar-refractivity contribution in [2.45, 2.75) is 6.42 Å². The van der Waals surface area contributed by atoms with Gasteiger partial charge in [-0.05, 0) is 35.9 Å². The van der Waals surface area contributed by atoms with Gasteiger partial charge in [-0.1, -0.05) is 48.0 Å². The molecule has 4 rings (SSSR count). The number of urea groups is 1. The van der Waals surface area contributed by atoms with E-state index < -0.39 is 11.6 Å². The highest BCUT2D eigenvalue weighted by atomic mass is 35.5. The summed E-state index contributed by atoms with van der Waals surface area (Å²) in [4.78, 5) is 40.9. The highest BCUT2D eigenvalue weighted by molar-refractivity contribution is 6.30. The molecule has 2 heterocycles. The predicted molar refractivity (Wildman–Crippen MR) is 120 cm³/mol. The zero-order chi connectivity index (χ0) is 22.5. The number of carbonyl (C=O) groups excluding carboxylic acids is 2. The number of hydrogen-bond donors (Lipinski definition) is 3. The van der Waals surface area contributed by atoms with Gasteiger partial charge in [-0.15, -0.1) is 10.2 Å². The molecule has 0 radical (unpaired) electrons. The molecule has 3 N–H and O–H groups in total. The summed E-state index contributed by atoms with van der Waals surface area (Å²) in [6.45, 7) is 0. The van der Waals surface area contributed by atoms with Crippen molar-refractivity contribution in [2.24, 2.45) is 0 Å². The van der Waals surface area contributed by atoms with Crippen LogP contribution in [0.25, 0.3) is 11.9 Å². The highest BCUT2D eigenvalue weighted by Crippen LogP contribution is 2.14. The van der Waals surface area contributed by atoms with Crippen molar-refractivity contribution >= 4 is 46.9 Å². The van der Waals surface area contributed by atoms with Crippen molar-refractivity contribution in [3.05, 3.63) is 87.3 Å². The van der Waals surface area contributed by atoms with Gasteiger partial charge >= 0.3 is 6.03 Å². The zero-order valence-electron chi connectivity index (χ0n) is 16.4. The number of hydrogen-bond acceptors (Lipinski definition) is 6. The van der Waals surface area contributed by atoms with Crippen LogP contribution in [-0.4, -0.2) is 36.6 Å². The second-order valence-corrected chi connectivity index (χ2v) is 7.07. The quantitative estimate of drug-likeness (QED) is 0.387. The van der Waals surface area contributed by atoms with E-state index >= 15 is 0 Å². The molecule has 160 valence electrons. The summed E-state index contributed by atoms with van der Waals surface area (Å²) in [5, 5.41) is 15.8. The van der Waals surface area contributed by atoms with E-state index in [0.29, 0.717) is 10.7 Å². The molecule has 0 atom stereocenters. The van der Waals surface area contributed by atoms with Crippen molar-refractivity contribution in [3.63, 3.8) is 0 Å². The Morgan fingerprint density at radius 3 is 2.53 bits per heavy atom. The third-order valence-corrected chi connectivity index (χ3v) is 4.54. The molecule has 2 amide bonds. The number of allylic oxidation sites excluding steroid dienone is 1. The molecule has 4 aromatic rings. The Balaban J connectivity index is 1.46. The summed E-state index contributed by atoms with van der Waals surface area (Å²) in [7, 11) is 0. The molecule has 11 heteroatoms. The van der Waals surface area contributed by atoms with E-state index in [2.05, 4.69) is 30.9 Å². The van der Waals surface area contributed by atoms with Crippen LogP contribution < -0.4 is 16.2 Å². The van der Waals surface area contributed by atoms with E-state index in [1.54, 1.807) is 30.3 Å². The number of fused-ring (bicyclic) bond motifs is 1. The van der Waals surface area contributed by atoms with Gasteiger partial charge in [0, 0.05) is 10.7 Å². The Morgan fingerprint density at radius 2 is 1.78 bits per heavy atom. The Kier molecular flexibility index (Phi) is 6.04. The number of aromatic nitrogens is 5. The maximum absolute atomic E-state index is 12.4. The number of H-pyrrole nitrogens is 1. The van der Waals surface area contributed by atoms with Gasteiger partial charge < -0.3 is 5.32 Å². The van der Waals surface area contributed by atoms with Crippen LogP contribution in [0.1, 0.15) is 11.3 Å². The minimum atomic E-state index is -0.604. The Labute approximate surface area is 186 Å². The average Bonchev–Trinajstić information content (AvgIpc) is 3.16. The number of ketones is 1. The number of amides is 2. The fourth-order valence-electron chi connectivity index (χ4n) is 2.76. The fraction of sp³-hybridized carbons (Fsp3) is 0.0476. The highest BCUT2D eigenvalue weighted by Gasteiger charge is 2.15. The second kappa shape index (κ2) is 9.23. The minimum absolute atomic E-state index is 0.00947. The SMILES string of the molecule is O=C(/C=C\c1ccccc1)Cc1nc2nnc(NC(=O)Nc3ccc(Cl)cc3)n2[nH]c1=O. The third-order valence-electron chi connectivity index (χ3n) is 4.29. The topological polar surface area (TPSA) is 134 Å². The third kappa shape index (κ3) is 5.05. The molecule has 32 heavy (non-hydrogen) atoms. The van der Waals surface area contributed by atoms with Crippen LogP contribution in [0.2, 0.25) is 5.02 Å². The lowest BCUT2D eigenvalue weighted by Crippen LogP contribution is -2.24. The summed E-state index contributed by atoms with van der Waals surface area (Å²) in [6.07, 6.45) is 2.84. The number of rotatable bonds is 6. The van der Waals surface area contributed by atoms with E-state index in [9.17, 15) is 14.4 Å². The molecule has 0 unspecified atom stereocenters. The van der Waals surface area contributed by atoms with Crippen LogP contribution in [-0.2, 0) is 11.2 Å². The molecule has 10 nitrogen and oxygen atoms in total. The van der Waals surface area contributed by atoms with E-state index in [1.807, 2.05) is 30.3 Å². The number of aromatic amines is 1. The smallest absolute Gasteiger partial charge is 0.308 e. The summed E-state index contributed by atoms with van der Waals surface area (Å²) in [6, 6.07) is 15.2. The normalized spacial score (nSPS) is 11.0. The monoisotopic (exact) mass is 449 g/mol. The van der Waals surface area contributed by atoms with Crippen molar-refractivity contribution in [1.82, 2.24) is 24.8 Å². The molecule has 0 fully saturated rings. The molecule has 2 aromatic heterocycles. The van der Waals surface area contributed by atoms with E-state index in [1.165, 1.54) is 6.08 Å². The molecule has 0 spiro atoms. The van der Waals surface area contributed by atoms with Gasteiger partial charge in [0.05, 0.1) is 6.42 Å². The first-order valence-corrected chi connectivity index (χ1v) is 9.79. The van der Waals surface area contributed by atoms with E-state index in [-0.39, 0.29) is 29.6 Å². The fourth-order valence-corrected chi connectivity index (χ4v) is 2.89. The number of anilines is 2. The van der Waals surface area contributed by atoms with Gasteiger partial charge in [-0.25, -0.2) is 9.78 Å².